The summed E-state index contributed by atoms with van der Waals surface area (Å²) in [4.78, 5) is 33.1. The number of hydrogen-bond acceptors (Lipinski definition) is 8. The minimum atomic E-state index is -1.11. The normalized spacial score (nSPS) is 10.1. The van der Waals surface area contributed by atoms with Gasteiger partial charge in [-0.15, -0.1) is 4.91 Å². The van der Waals surface area contributed by atoms with E-state index in [-0.39, 0.29) is 22.5 Å². The van der Waals surface area contributed by atoms with E-state index >= 15 is 0 Å². The molecule has 0 fully saturated rings. The molecule has 0 aliphatic rings. The molecule has 10 nitrogen and oxygen atoms in total. The monoisotopic (exact) mass is 499 g/mol. The number of ether oxygens (including phenoxy) is 1. The number of nitroso groups, excluding NO2 is 1. The molecule has 11 heteroatoms. The lowest BCUT2D eigenvalue weighted by atomic mass is 10.2. The lowest BCUT2D eigenvalue weighted by molar-refractivity contribution is 0.254. The molecule has 0 radical (unpaired) electrons. The molecule has 1 N–H and O–H groups in total. The Morgan fingerprint density at radius 2 is 1.78 bits per heavy atom. The molecule has 0 saturated carbocycles. The van der Waals surface area contributed by atoms with E-state index in [0.717, 1.165) is 5.01 Å². The molecule has 0 atom stereocenters. The van der Waals surface area contributed by atoms with Crippen LogP contribution >= 0.6 is 11.6 Å². The number of rotatable bonds is 7. The van der Waals surface area contributed by atoms with Crippen LogP contribution in [-0.2, 0) is 0 Å². The summed E-state index contributed by atoms with van der Waals surface area (Å²) < 4.78 is 5.25. The predicted octanol–water partition coefficient (Wildman–Crippen LogP) is 6.20. The number of nitrogens with one attached hydrogen (secondary N) is 1. The van der Waals surface area contributed by atoms with Gasteiger partial charge in [0, 0.05) is 23.1 Å². The van der Waals surface area contributed by atoms with Gasteiger partial charge in [0.25, 0.3) is 0 Å². The van der Waals surface area contributed by atoms with Gasteiger partial charge < -0.3 is 10.1 Å². The molecular weight excluding hydrogens is 482 g/mol. The second kappa shape index (κ2) is 10.9. The van der Waals surface area contributed by atoms with Crippen molar-refractivity contribution in [2.45, 2.75) is 0 Å². The smallest absolute Gasteiger partial charge is 0.404 e. The maximum Gasteiger partial charge on any atom is 0.404 e. The van der Waals surface area contributed by atoms with Gasteiger partial charge in [-0.1, -0.05) is 23.7 Å². The third-order valence-electron chi connectivity index (χ3n) is 4.98. The molecular formula is C25H18ClN7O3. The van der Waals surface area contributed by atoms with E-state index in [1.54, 1.807) is 78.9 Å². The van der Waals surface area contributed by atoms with Crippen molar-refractivity contribution in [1.82, 2.24) is 9.97 Å². The van der Waals surface area contributed by atoms with E-state index < -0.39 is 6.03 Å². The fourth-order valence-corrected chi connectivity index (χ4v) is 3.53. The third kappa shape index (κ3) is 5.22. The van der Waals surface area contributed by atoms with Crippen molar-refractivity contribution >= 4 is 46.5 Å². The van der Waals surface area contributed by atoms with Crippen molar-refractivity contribution < 1.29 is 9.53 Å². The number of carbonyl (C=O) groups excluding carboxylic acids is 1. The number of aromatic nitrogens is 2. The SMILES string of the molecule is COc1ccc(N(c2ccnc(Nc3ccc(C#N)cc3)n2)N(C(=O)N=O)c2ccccc2Cl)cc1. The Balaban J connectivity index is 1.82. The number of nitriles is 1. The summed E-state index contributed by atoms with van der Waals surface area (Å²) in [5, 5.41) is 17.4. The predicted molar refractivity (Wildman–Crippen MR) is 137 cm³/mol. The number of nitrogens with zero attached hydrogens (tertiary/aromatic N) is 6. The summed E-state index contributed by atoms with van der Waals surface area (Å²) >= 11 is 6.40. The van der Waals surface area contributed by atoms with E-state index in [1.807, 2.05) is 0 Å². The highest BCUT2D eigenvalue weighted by Gasteiger charge is 2.29. The van der Waals surface area contributed by atoms with Crippen LogP contribution in [0.1, 0.15) is 5.56 Å². The minimum Gasteiger partial charge on any atom is -0.497 e. The molecule has 0 aliphatic heterocycles. The van der Waals surface area contributed by atoms with Gasteiger partial charge in [0.2, 0.25) is 5.95 Å². The van der Waals surface area contributed by atoms with Crippen LogP contribution < -0.4 is 20.1 Å². The minimum absolute atomic E-state index is 0.210. The van der Waals surface area contributed by atoms with Gasteiger partial charge in [-0.25, -0.2) is 14.8 Å². The molecule has 0 aliphatic carbocycles. The number of hydrogen-bond donors (Lipinski definition) is 1. The van der Waals surface area contributed by atoms with Crippen LogP contribution in [0.3, 0.4) is 0 Å². The Morgan fingerprint density at radius 3 is 2.42 bits per heavy atom. The molecule has 1 heterocycles. The molecule has 4 rings (SSSR count). The summed E-state index contributed by atoms with van der Waals surface area (Å²) in [6.07, 6.45) is 1.49. The summed E-state index contributed by atoms with van der Waals surface area (Å²) in [6, 6.07) is 22.6. The van der Waals surface area contributed by atoms with Crippen LogP contribution in [0.25, 0.3) is 0 Å². The highest BCUT2D eigenvalue weighted by atomic mass is 35.5. The van der Waals surface area contributed by atoms with Crippen LogP contribution in [0.2, 0.25) is 5.02 Å². The third-order valence-corrected chi connectivity index (χ3v) is 5.30. The highest BCUT2D eigenvalue weighted by molar-refractivity contribution is 6.34. The number of hydrazine groups is 1. The molecule has 0 spiro atoms. The number of carbonyl (C=O) groups is 1. The summed E-state index contributed by atoms with van der Waals surface area (Å²) in [6.45, 7) is 0. The first-order chi connectivity index (χ1) is 17.5. The number of urea groups is 1. The second-order valence-electron chi connectivity index (χ2n) is 7.20. The molecule has 0 bridgehead atoms. The van der Waals surface area contributed by atoms with E-state index in [1.165, 1.54) is 18.3 Å². The zero-order chi connectivity index (χ0) is 25.5. The number of para-hydroxylation sites is 1. The number of benzene rings is 3. The lowest BCUT2D eigenvalue weighted by Crippen LogP contribution is -2.43. The molecule has 0 saturated heterocycles. The standard InChI is InChI=1S/C25H18ClN7O3/c1-36-20-12-10-19(11-13-20)32(33(25(34)31-35)22-5-3-2-4-21(22)26)23-14-15-28-24(30-23)29-18-8-6-17(16-27)7-9-18/h2-15H,1H3,(H,28,29,30). The van der Waals surface area contributed by atoms with Gasteiger partial charge in [-0.05, 0) is 60.7 Å². The molecule has 4 aromatic rings. The molecule has 3 aromatic carbocycles. The number of amides is 2. The first-order valence-electron chi connectivity index (χ1n) is 10.5. The zero-order valence-corrected chi connectivity index (χ0v) is 19.6. The van der Waals surface area contributed by atoms with Gasteiger partial charge in [0.15, 0.2) is 5.82 Å². The lowest BCUT2D eigenvalue weighted by Gasteiger charge is -2.34. The summed E-state index contributed by atoms with van der Waals surface area (Å²) in [7, 11) is 1.54. The van der Waals surface area contributed by atoms with Gasteiger partial charge in [-0.2, -0.15) is 15.3 Å². The van der Waals surface area contributed by atoms with Crippen molar-refractivity contribution in [1.29, 1.82) is 5.26 Å². The van der Waals surface area contributed by atoms with Gasteiger partial charge in [0.05, 0.1) is 35.1 Å². The summed E-state index contributed by atoms with van der Waals surface area (Å²) in [5.74, 6) is 1.04. The van der Waals surface area contributed by atoms with Crippen molar-refractivity contribution in [3.05, 3.63) is 101 Å². The van der Waals surface area contributed by atoms with Crippen LogP contribution in [0, 0.1) is 16.2 Å². The molecule has 36 heavy (non-hydrogen) atoms. The molecule has 0 unspecified atom stereocenters. The number of methoxy groups -OCH3 is 1. The van der Waals surface area contributed by atoms with Crippen LogP contribution in [0.5, 0.6) is 5.75 Å². The van der Waals surface area contributed by atoms with E-state index in [4.69, 9.17) is 21.6 Å². The Hall–Kier alpha value is -5.01. The van der Waals surface area contributed by atoms with Crippen LogP contribution in [-0.4, -0.2) is 23.1 Å². The quantitative estimate of drug-likeness (QED) is 0.235. The molecule has 1 aromatic heterocycles. The van der Waals surface area contributed by atoms with Crippen molar-refractivity contribution in [2.75, 3.05) is 22.4 Å². The van der Waals surface area contributed by atoms with Crippen molar-refractivity contribution in [3.8, 4) is 11.8 Å². The van der Waals surface area contributed by atoms with Gasteiger partial charge in [-0.3, -0.25) is 0 Å². The van der Waals surface area contributed by atoms with Gasteiger partial charge >= 0.3 is 6.03 Å². The Morgan fingerprint density at radius 1 is 1.06 bits per heavy atom. The van der Waals surface area contributed by atoms with Crippen LogP contribution in [0.15, 0.2) is 90.2 Å². The molecule has 2 amide bonds. The van der Waals surface area contributed by atoms with Crippen LogP contribution in [0.4, 0.5) is 33.6 Å². The van der Waals surface area contributed by atoms with Gasteiger partial charge in [0.1, 0.15) is 5.75 Å². The van der Waals surface area contributed by atoms with Crippen molar-refractivity contribution in [2.24, 2.45) is 5.18 Å². The Bertz CT molecular complexity index is 1420. The second-order valence-corrected chi connectivity index (χ2v) is 7.61. The first kappa shape index (κ1) is 24.1. The molecule has 178 valence electrons. The van der Waals surface area contributed by atoms with E-state index in [9.17, 15) is 9.70 Å². The Labute approximate surface area is 211 Å². The fraction of sp³-hybridized carbons (Fsp3) is 0.0400. The van der Waals surface area contributed by atoms with E-state index in [0.29, 0.717) is 22.7 Å². The van der Waals surface area contributed by atoms with Crippen molar-refractivity contribution in [3.63, 3.8) is 0 Å². The number of anilines is 5. The summed E-state index contributed by atoms with van der Waals surface area (Å²) in [5.41, 5.74) is 1.85. The number of halogens is 1. The average Bonchev–Trinajstić information content (AvgIpc) is 2.92. The topological polar surface area (TPSA) is 124 Å². The largest absolute Gasteiger partial charge is 0.497 e. The van der Waals surface area contributed by atoms with E-state index in [2.05, 4.69) is 26.5 Å². The fourth-order valence-electron chi connectivity index (χ4n) is 3.32. The first-order valence-corrected chi connectivity index (χ1v) is 10.9. The Kier molecular flexibility index (Phi) is 7.33. The maximum absolute atomic E-state index is 12.8. The maximum atomic E-state index is 12.8. The highest BCUT2D eigenvalue weighted by Crippen LogP contribution is 2.35. The average molecular weight is 500 g/mol. The zero-order valence-electron chi connectivity index (χ0n) is 18.9.